The van der Waals surface area contributed by atoms with Crippen LogP contribution in [0.1, 0.15) is 36.0 Å². The molecule has 2 heterocycles. The topological polar surface area (TPSA) is 49.9 Å². The third-order valence-corrected chi connectivity index (χ3v) is 6.19. The molecule has 2 aliphatic heterocycles. The normalized spacial score (nSPS) is 21.2. The summed E-state index contributed by atoms with van der Waals surface area (Å²) in [6.07, 6.45) is 3.52. The van der Waals surface area contributed by atoms with E-state index < -0.39 is 0 Å². The molecule has 0 spiro atoms. The van der Waals surface area contributed by atoms with Crippen molar-refractivity contribution in [3.8, 4) is 5.75 Å². The minimum absolute atomic E-state index is 0.0311. The van der Waals surface area contributed by atoms with Gasteiger partial charge in [0, 0.05) is 23.7 Å². The number of benzene rings is 2. The third-order valence-electron chi connectivity index (χ3n) is 6.19. The number of ketones is 1. The van der Waals surface area contributed by atoms with Gasteiger partial charge in [0.25, 0.3) is 0 Å². The van der Waals surface area contributed by atoms with Crippen molar-refractivity contribution in [1.29, 1.82) is 0 Å². The molecule has 2 aromatic rings. The quantitative estimate of drug-likeness (QED) is 0.727. The Morgan fingerprint density at radius 3 is 2.28 bits per heavy atom. The van der Waals surface area contributed by atoms with Crippen LogP contribution >= 0.6 is 0 Å². The van der Waals surface area contributed by atoms with Gasteiger partial charge >= 0.3 is 0 Å². The molecule has 1 amide bonds. The minimum Gasteiger partial charge on any atom is -0.497 e. The molecule has 5 nitrogen and oxygen atoms in total. The lowest BCUT2D eigenvalue weighted by atomic mass is 9.87. The van der Waals surface area contributed by atoms with Crippen LogP contribution in [0.3, 0.4) is 0 Å². The SMILES string of the molecule is COc1ccc(C(=O)C2CCN(C3CCCN(c4ccccc4)C3=O)CC2)cc1. The molecule has 2 saturated heterocycles. The van der Waals surface area contributed by atoms with Gasteiger partial charge in [-0.3, -0.25) is 14.5 Å². The Bertz CT molecular complexity index is 842. The summed E-state index contributed by atoms with van der Waals surface area (Å²) in [6.45, 7) is 2.38. The predicted octanol–water partition coefficient (Wildman–Crippen LogP) is 3.79. The number of amides is 1. The van der Waals surface area contributed by atoms with E-state index in [1.54, 1.807) is 7.11 Å². The van der Waals surface area contributed by atoms with Gasteiger partial charge in [0.2, 0.25) is 5.91 Å². The molecule has 0 N–H and O–H groups in total. The Labute approximate surface area is 172 Å². The van der Waals surface area contributed by atoms with E-state index in [-0.39, 0.29) is 23.7 Å². The Hall–Kier alpha value is -2.66. The zero-order valence-corrected chi connectivity index (χ0v) is 16.9. The summed E-state index contributed by atoms with van der Waals surface area (Å²) in [5, 5.41) is 0. The van der Waals surface area contributed by atoms with Gasteiger partial charge in [0.1, 0.15) is 5.75 Å². The summed E-state index contributed by atoms with van der Waals surface area (Å²) in [4.78, 5) is 30.2. The molecule has 0 aromatic heterocycles. The molecule has 152 valence electrons. The standard InChI is InChI=1S/C24H28N2O3/c1-29-21-11-9-18(10-12-21)23(27)19-13-16-25(17-14-19)22-8-5-15-26(24(22)28)20-6-3-2-4-7-20/h2-4,6-7,9-12,19,22H,5,8,13-17H2,1H3. The molecule has 1 unspecified atom stereocenters. The van der Waals surface area contributed by atoms with E-state index in [0.717, 1.165) is 62.3 Å². The maximum Gasteiger partial charge on any atom is 0.244 e. The fourth-order valence-electron chi connectivity index (χ4n) is 4.52. The molecule has 29 heavy (non-hydrogen) atoms. The molecule has 2 fully saturated rings. The maximum atomic E-state index is 13.1. The van der Waals surface area contributed by atoms with Crippen molar-refractivity contribution in [2.75, 3.05) is 31.6 Å². The lowest BCUT2D eigenvalue weighted by molar-refractivity contribution is -0.125. The van der Waals surface area contributed by atoms with Crippen molar-refractivity contribution >= 4 is 17.4 Å². The average Bonchev–Trinajstić information content (AvgIpc) is 2.79. The number of anilines is 1. The summed E-state index contributed by atoms with van der Waals surface area (Å²) in [5.74, 6) is 1.19. The van der Waals surface area contributed by atoms with Gasteiger partial charge < -0.3 is 9.64 Å². The van der Waals surface area contributed by atoms with E-state index >= 15 is 0 Å². The van der Waals surface area contributed by atoms with Crippen molar-refractivity contribution in [2.45, 2.75) is 31.7 Å². The number of hydrogen-bond donors (Lipinski definition) is 0. The number of hydrogen-bond acceptors (Lipinski definition) is 4. The van der Waals surface area contributed by atoms with E-state index in [2.05, 4.69) is 4.90 Å². The van der Waals surface area contributed by atoms with E-state index in [0.29, 0.717) is 0 Å². The molecule has 0 saturated carbocycles. The van der Waals surface area contributed by atoms with Gasteiger partial charge in [-0.05, 0) is 75.2 Å². The highest BCUT2D eigenvalue weighted by Gasteiger charge is 2.36. The molecular weight excluding hydrogens is 364 g/mol. The Balaban J connectivity index is 1.37. The van der Waals surface area contributed by atoms with Gasteiger partial charge in [-0.15, -0.1) is 0 Å². The number of piperidine rings is 2. The van der Waals surface area contributed by atoms with Crippen LogP contribution in [0.15, 0.2) is 54.6 Å². The first-order chi connectivity index (χ1) is 14.2. The monoisotopic (exact) mass is 392 g/mol. The van der Waals surface area contributed by atoms with Gasteiger partial charge in [-0.25, -0.2) is 0 Å². The summed E-state index contributed by atoms with van der Waals surface area (Å²) in [5.41, 5.74) is 1.72. The molecule has 1 atom stereocenters. The molecule has 0 radical (unpaired) electrons. The molecule has 2 aliphatic rings. The first-order valence-corrected chi connectivity index (χ1v) is 10.5. The second-order valence-electron chi connectivity index (χ2n) is 7.89. The number of Topliss-reactive ketones (excluding diaryl/α,β-unsaturated/α-hetero) is 1. The van der Waals surface area contributed by atoms with Crippen LogP contribution in [-0.2, 0) is 4.79 Å². The molecule has 0 bridgehead atoms. The van der Waals surface area contributed by atoms with Gasteiger partial charge in [-0.1, -0.05) is 18.2 Å². The average molecular weight is 392 g/mol. The number of carbonyl (C=O) groups excluding carboxylic acids is 2. The Morgan fingerprint density at radius 1 is 0.931 bits per heavy atom. The maximum absolute atomic E-state index is 13.1. The van der Waals surface area contributed by atoms with Gasteiger partial charge in [0.15, 0.2) is 5.78 Å². The largest absolute Gasteiger partial charge is 0.497 e. The zero-order valence-electron chi connectivity index (χ0n) is 16.9. The fraction of sp³-hybridized carbons (Fsp3) is 0.417. The van der Waals surface area contributed by atoms with Crippen LogP contribution < -0.4 is 9.64 Å². The Kier molecular flexibility index (Phi) is 5.95. The van der Waals surface area contributed by atoms with Crippen LogP contribution in [0, 0.1) is 5.92 Å². The van der Waals surface area contributed by atoms with Crippen molar-refractivity contribution in [1.82, 2.24) is 4.90 Å². The highest BCUT2D eigenvalue weighted by atomic mass is 16.5. The number of ether oxygens (including phenoxy) is 1. The van der Waals surface area contributed by atoms with Crippen LogP contribution in [0.5, 0.6) is 5.75 Å². The highest BCUT2D eigenvalue weighted by Crippen LogP contribution is 2.28. The van der Waals surface area contributed by atoms with Crippen LogP contribution in [-0.4, -0.2) is 49.4 Å². The molecule has 4 rings (SSSR count). The van der Waals surface area contributed by atoms with Crippen molar-refractivity contribution in [3.05, 3.63) is 60.2 Å². The van der Waals surface area contributed by atoms with Gasteiger partial charge in [0.05, 0.1) is 13.2 Å². The summed E-state index contributed by atoms with van der Waals surface area (Å²) >= 11 is 0. The van der Waals surface area contributed by atoms with Crippen molar-refractivity contribution in [3.63, 3.8) is 0 Å². The van der Waals surface area contributed by atoms with E-state index in [9.17, 15) is 9.59 Å². The molecule has 0 aliphatic carbocycles. The molecule has 5 heteroatoms. The number of methoxy groups -OCH3 is 1. The predicted molar refractivity (Wildman–Crippen MR) is 113 cm³/mol. The third kappa shape index (κ3) is 4.20. The second-order valence-corrected chi connectivity index (χ2v) is 7.89. The molecular formula is C24H28N2O3. The lowest BCUT2D eigenvalue weighted by Crippen LogP contribution is -2.54. The first-order valence-electron chi connectivity index (χ1n) is 10.5. The smallest absolute Gasteiger partial charge is 0.244 e. The molecule has 2 aromatic carbocycles. The summed E-state index contributed by atoms with van der Waals surface area (Å²) in [7, 11) is 1.62. The van der Waals surface area contributed by atoms with E-state index in [1.165, 1.54) is 0 Å². The second kappa shape index (κ2) is 8.78. The highest BCUT2D eigenvalue weighted by molar-refractivity contribution is 5.99. The lowest BCUT2D eigenvalue weighted by Gasteiger charge is -2.41. The van der Waals surface area contributed by atoms with Crippen molar-refractivity contribution < 1.29 is 14.3 Å². The summed E-state index contributed by atoms with van der Waals surface area (Å²) in [6, 6.07) is 17.2. The number of nitrogens with zero attached hydrogens (tertiary/aromatic N) is 2. The number of likely N-dealkylation sites (tertiary alicyclic amines) is 1. The number of para-hydroxylation sites is 1. The van der Waals surface area contributed by atoms with E-state index in [4.69, 9.17) is 4.74 Å². The summed E-state index contributed by atoms with van der Waals surface area (Å²) < 4.78 is 5.17. The van der Waals surface area contributed by atoms with Gasteiger partial charge in [-0.2, -0.15) is 0 Å². The van der Waals surface area contributed by atoms with E-state index in [1.807, 2.05) is 59.5 Å². The van der Waals surface area contributed by atoms with Crippen LogP contribution in [0.2, 0.25) is 0 Å². The zero-order chi connectivity index (χ0) is 20.2. The van der Waals surface area contributed by atoms with Crippen LogP contribution in [0.25, 0.3) is 0 Å². The minimum atomic E-state index is -0.0685. The Morgan fingerprint density at radius 2 is 1.62 bits per heavy atom. The van der Waals surface area contributed by atoms with Crippen molar-refractivity contribution in [2.24, 2.45) is 5.92 Å². The first kappa shape index (κ1) is 19.6. The fourth-order valence-corrected chi connectivity index (χ4v) is 4.52. The number of rotatable bonds is 5. The number of carbonyl (C=O) groups is 2. The van der Waals surface area contributed by atoms with Crippen LogP contribution in [0.4, 0.5) is 5.69 Å².